The van der Waals surface area contributed by atoms with E-state index in [-0.39, 0.29) is 11.1 Å². The number of hydrogen-bond acceptors (Lipinski definition) is 5. The van der Waals surface area contributed by atoms with E-state index in [9.17, 15) is 19.2 Å². The van der Waals surface area contributed by atoms with Gasteiger partial charge in [0, 0.05) is 14.7 Å². The van der Waals surface area contributed by atoms with Crippen molar-refractivity contribution in [3.05, 3.63) is 99.1 Å². The van der Waals surface area contributed by atoms with E-state index in [1.807, 2.05) is 6.07 Å². The highest BCUT2D eigenvalue weighted by molar-refractivity contribution is 14.1. The zero-order valence-electron chi connectivity index (χ0n) is 17.1. The van der Waals surface area contributed by atoms with E-state index in [4.69, 9.17) is 4.74 Å². The summed E-state index contributed by atoms with van der Waals surface area (Å²) in [5.41, 5.74) is -0.533. The van der Waals surface area contributed by atoms with Gasteiger partial charge in [-0.05, 0) is 52.4 Å². The number of rotatable bonds is 2. The van der Waals surface area contributed by atoms with Crippen LogP contribution in [0.25, 0.3) is 0 Å². The summed E-state index contributed by atoms with van der Waals surface area (Å²) < 4.78 is 7.20. The number of ketones is 2. The molecule has 3 aromatic rings. The van der Waals surface area contributed by atoms with E-state index in [1.54, 1.807) is 72.8 Å². The zero-order valence-corrected chi connectivity index (χ0v) is 19.3. The van der Waals surface area contributed by atoms with Crippen molar-refractivity contribution in [1.82, 2.24) is 0 Å². The average Bonchev–Trinajstić information content (AvgIpc) is 3.41. The first-order valence-electron chi connectivity index (χ1n) is 10.5. The van der Waals surface area contributed by atoms with E-state index < -0.39 is 46.9 Å². The fraction of sp³-hybridized carbons (Fsp3) is 0.154. The normalized spacial score (nSPS) is 25.1. The van der Waals surface area contributed by atoms with Crippen LogP contribution in [0.3, 0.4) is 0 Å². The van der Waals surface area contributed by atoms with Crippen molar-refractivity contribution >= 4 is 51.7 Å². The molecule has 3 atom stereocenters. The van der Waals surface area contributed by atoms with Crippen LogP contribution in [0.15, 0.2) is 78.9 Å². The predicted octanol–water partition coefficient (Wildman–Crippen LogP) is 3.99. The zero-order chi connectivity index (χ0) is 22.9. The molecule has 162 valence electrons. The van der Waals surface area contributed by atoms with Crippen LogP contribution in [-0.4, -0.2) is 29.0 Å². The molecule has 2 aliphatic heterocycles. The molecule has 0 bridgehead atoms. The van der Waals surface area contributed by atoms with Crippen molar-refractivity contribution in [3.8, 4) is 0 Å². The van der Waals surface area contributed by atoms with Gasteiger partial charge in [0.05, 0.1) is 23.6 Å². The maximum absolute atomic E-state index is 13.8. The molecular weight excluding hydrogens is 533 g/mol. The summed E-state index contributed by atoms with van der Waals surface area (Å²) >= 11 is 2.14. The highest BCUT2D eigenvalue weighted by atomic mass is 127. The Morgan fingerprint density at radius 1 is 0.727 bits per heavy atom. The van der Waals surface area contributed by atoms with E-state index in [2.05, 4.69) is 22.6 Å². The van der Waals surface area contributed by atoms with Crippen LogP contribution in [0.1, 0.15) is 32.4 Å². The van der Waals surface area contributed by atoms with Crippen molar-refractivity contribution in [3.63, 3.8) is 0 Å². The van der Waals surface area contributed by atoms with E-state index >= 15 is 0 Å². The Hall–Kier alpha value is -3.17. The molecule has 1 aliphatic carbocycles. The van der Waals surface area contributed by atoms with Crippen LogP contribution < -0.4 is 4.90 Å². The number of fused-ring (bicyclic) bond motifs is 3. The molecule has 0 N–H and O–H groups in total. The van der Waals surface area contributed by atoms with Crippen molar-refractivity contribution in [2.75, 3.05) is 4.90 Å². The topological polar surface area (TPSA) is 80.8 Å². The molecule has 0 unspecified atom stereocenters. The van der Waals surface area contributed by atoms with Gasteiger partial charge in [0.15, 0.2) is 0 Å². The number of amides is 2. The molecule has 0 radical (unpaired) electrons. The smallest absolute Gasteiger partial charge is 0.241 e. The SMILES string of the molecule is O=C1[C@@H]2[C@@H](c3ccccc3)OC3(C(=O)c4ccccc4C3=O)[C@@H]2C(=O)N1c1ccc(I)cc1. The van der Waals surface area contributed by atoms with Gasteiger partial charge in [-0.2, -0.15) is 0 Å². The Labute approximate surface area is 202 Å². The lowest BCUT2D eigenvalue weighted by molar-refractivity contribution is -0.127. The summed E-state index contributed by atoms with van der Waals surface area (Å²) in [6, 6.07) is 22.4. The van der Waals surface area contributed by atoms with Gasteiger partial charge in [0.1, 0.15) is 0 Å². The molecule has 7 heteroatoms. The first-order valence-corrected chi connectivity index (χ1v) is 11.6. The third kappa shape index (κ3) is 2.63. The minimum absolute atomic E-state index is 0.225. The number of carbonyl (C=O) groups is 4. The van der Waals surface area contributed by atoms with Crippen LogP contribution in [0.4, 0.5) is 5.69 Å². The second-order valence-electron chi connectivity index (χ2n) is 8.38. The second-order valence-corrected chi connectivity index (χ2v) is 9.63. The Kier molecular flexibility index (Phi) is 4.44. The number of imide groups is 1. The molecule has 6 rings (SSSR count). The molecule has 33 heavy (non-hydrogen) atoms. The van der Waals surface area contributed by atoms with Crippen LogP contribution in [0, 0.1) is 15.4 Å². The molecule has 2 saturated heterocycles. The summed E-state index contributed by atoms with van der Waals surface area (Å²) in [6.07, 6.45) is -0.899. The summed E-state index contributed by atoms with van der Waals surface area (Å²) in [7, 11) is 0. The lowest BCUT2D eigenvalue weighted by Gasteiger charge is -2.27. The third-order valence-corrected chi connectivity index (χ3v) is 7.45. The van der Waals surface area contributed by atoms with E-state index in [1.165, 1.54) is 0 Å². The van der Waals surface area contributed by atoms with Gasteiger partial charge >= 0.3 is 0 Å². The molecule has 2 heterocycles. The Balaban J connectivity index is 1.55. The minimum Gasteiger partial charge on any atom is -0.349 e. The molecular formula is C26H16INO5. The van der Waals surface area contributed by atoms with Gasteiger partial charge in [-0.3, -0.25) is 19.2 Å². The van der Waals surface area contributed by atoms with Gasteiger partial charge in [0.2, 0.25) is 29.0 Å². The number of hydrogen-bond donors (Lipinski definition) is 0. The van der Waals surface area contributed by atoms with Crippen LogP contribution in [-0.2, 0) is 14.3 Å². The summed E-state index contributed by atoms with van der Waals surface area (Å²) in [4.78, 5) is 55.9. The maximum atomic E-state index is 13.8. The second kappa shape index (κ2) is 7.16. The van der Waals surface area contributed by atoms with Crippen LogP contribution in [0.5, 0.6) is 0 Å². The fourth-order valence-electron chi connectivity index (χ4n) is 5.31. The molecule has 3 aliphatic rings. The number of nitrogens with zero attached hydrogens (tertiary/aromatic N) is 1. The molecule has 1 spiro atoms. The predicted molar refractivity (Wildman–Crippen MR) is 127 cm³/mol. The molecule has 2 amide bonds. The third-order valence-electron chi connectivity index (χ3n) is 6.73. The first-order chi connectivity index (χ1) is 15.9. The maximum Gasteiger partial charge on any atom is 0.241 e. The number of carbonyl (C=O) groups excluding carboxylic acids is 4. The van der Waals surface area contributed by atoms with Gasteiger partial charge < -0.3 is 4.74 Å². The highest BCUT2D eigenvalue weighted by Crippen LogP contribution is 2.57. The number of benzene rings is 3. The fourth-order valence-corrected chi connectivity index (χ4v) is 5.67. The van der Waals surface area contributed by atoms with Gasteiger partial charge in [-0.25, -0.2) is 4.90 Å². The summed E-state index contributed by atoms with van der Waals surface area (Å²) in [5, 5.41) is 0. The van der Waals surface area contributed by atoms with Crippen molar-refractivity contribution in [2.24, 2.45) is 11.8 Å². The number of anilines is 1. The lowest BCUT2D eigenvalue weighted by Crippen LogP contribution is -2.51. The molecule has 3 aromatic carbocycles. The average molecular weight is 549 g/mol. The highest BCUT2D eigenvalue weighted by Gasteiger charge is 2.74. The minimum atomic E-state index is -2.04. The van der Waals surface area contributed by atoms with Crippen LogP contribution in [0.2, 0.25) is 0 Å². The summed E-state index contributed by atoms with van der Waals surface area (Å²) in [6.45, 7) is 0. The van der Waals surface area contributed by atoms with Crippen LogP contribution >= 0.6 is 22.6 Å². The molecule has 2 fully saturated rings. The number of Topliss-reactive ketones (excluding diaryl/α,β-unsaturated/α-hetero) is 2. The van der Waals surface area contributed by atoms with Crippen molar-refractivity contribution < 1.29 is 23.9 Å². The largest absolute Gasteiger partial charge is 0.349 e. The van der Waals surface area contributed by atoms with E-state index in [0.717, 1.165) is 8.47 Å². The number of ether oxygens (including phenoxy) is 1. The Bertz CT molecular complexity index is 1320. The van der Waals surface area contributed by atoms with Crippen molar-refractivity contribution in [2.45, 2.75) is 11.7 Å². The summed E-state index contributed by atoms with van der Waals surface area (Å²) in [5.74, 6) is -4.37. The Morgan fingerprint density at radius 3 is 1.91 bits per heavy atom. The van der Waals surface area contributed by atoms with Gasteiger partial charge in [-0.15, -0.1) is 0 Å². The lowest BCUT2D eigenvalue weighted by atomic mass is 9.77. The first kappa shape index (κ1) is 20.4. The Morgan fingerprint density at radius 2 is 1.30 bits per heavy atom. The standard InChI is InChI=1S/C26H16INO5/c27-15-10-12-16(13-11-15)28-24(31)19-20(25(28)32)26(33-21(19)14-6-2-1-3-7-14)22(29)17-8-4-5-9-18(17)23(26)30/h1-13,19-21H/t19-,20-,21+/m0/s1. The van der Waals surface area contributed by atoms with Crippen molar-refractivity contribution in [1.29, 1.82) is 0 Å². The van der Waals surface area contributed by atoms with E-state index in [0.29, 0.717) is 11.3 Å². The monoisotopic (exact) mass is 549 g/mol. The van der Waals surface area contributed by atoms with Gasteiger partial charge in [0.25, 0.3) is 0 Å². The quantitative estimate of drug-likeness (QED) is 0.275. The molecule has 0 aromatic heterocycles. The molecule has 6 nitrogen and oxygen atoms in total. The number of halogens is 1. The molecule has 0 saturated carbocycles. The van der Waals surface area contributed by atoms with Gasteiger partial charge in [-0.1, -0.05) is 54.6 Å².